The van der Waals surface area contributed by atoms with Gasteiger partial charge in [-0.1, -0.05) is 28.7 Å². The third kappa shape index (κ3) is 2.30. The van der Waals surface area contributed by atoms with E-state index in [2.05, 4.69) is 0 Å². The fraction of sp³-hybridized carbons (Fsp3) is 0.0526. The molecular formula is C19H13F2OS+. The Hall–Kier alpha value is -2.33. The highest BCUT2D eigenvalue weighted by molar-refractivity contribution is 7.97. The standard InChI is InChI=1S/C19H12F2OS/c20-12-6-8-17-15(10-12)19(22)16-11-13(21)7-9-18(16)23(17)14-4-2-1-3-5-14/h1-11,15H/p+1. The van der Waals surface area contributed by atoms with Crippen LogP contribution in [0.1, 0.15) is 10.4 Å². The molecule has 1 nitrogen and oxygen atoms in total. The van der Waals surface area contributed by atoms with Gasteiger partial charge < -0.3 is 0 Å². The predicted molar refractivity (Wildman–Crippen MR) is 89.3 cm³/mol. The lowest BCUT2D eigenvalue weighted by molar-refractivity contribution is 0.0968. The van der Waals surface area contributed by atoms with Crippen LogP contribution in [-0.4, -0.2) is 10.6 Å². The molecular weight excluding hydrogens is 314 g/mol. The molecule has 4 rings (SSSR count). The van der Waals surface area contributed by atoms with Crippen molar-refractivity contribution in [1.29, 1.82) is 0 Å². The SMILES string of the molecule is O=C1c2cc(F)ccc2[SH+](c2ccccc2)=C2C=CC(F)=CC12. The fourth-order valence-electron chi connectivity index (χ4n) is 3.06. The number of halogens is 2. The lowest BCUT2D eigenvalue weighted by Gasteiger charge is -2.23. The van der Waals surface area contributed by atoms with Crippen molar-refractivity contribution in [3.05, 3.63) is 84.0 Å². The van der Waals surface area contributed by atoms with Crippen molar-refractivity contribution >= 4 is 21.1 Å². The van der Waals surface area contributed by atoms with E-state index < -0.39 is 28.0 Å². The number of hydrogen-bond donors (Lipinski definition) is 0. The molecule has 0 N–H and O–H groups in total. The van der Waals surface area contributed by atoms with Crippen molar-refractivity contribution in [3.8, 4) is 0 Å². The Morgan fingerprint density at radius 2 is 1.74 bits per heavy atom. The number of thiol groups is 1. The molecule has 4 heteroatoms. The number of carbonyl (C=O) groups is 1. The van der Waals surface area contributed by atoms with Crippen LogP contribution in [0.3, 0.4) is 0 Å². The molecule has 1 heterocycles. The normalized spacial score (nSPS) is 22.4. The van der Waals surface area contributed by atoms with Crippen LogP contribution in [-0.2, 0) is 10.5 Å². The molecule has 0 bridgehead atoms. The Morgan fingerprint density at radius 3 is 2.52 bits per heavy atom. The van der Waals surface area contributed by atoms with Crippen molar-refractivity contribution in [2.24, 2.45) is 5.92 Å². The number of benzene rings is 2. The highest BCUT2D eigenvalue weighted by Gasteiger charge is 2.38. The van der Waals surface area contributed by atoms with Gasteiger partial charge in [0.15, 0.2) is 5.78 Å². The highest BCUT2D eigenvalue weighted by Crippen LogP contribution is 2.34. The maximum atomic E-state index is 13.7. The molecule has 2 aliphatic rings. The summed E-state index contributed by atoms with van der Waals surface area (Å²) < 4.78 is 27.3. The third-order valence-corrected chi connectivity index (χ3v) is 6.71. The first-order valence-electron chi connectivity index (χ1n) is 7.26. The van der Waals surface area contributed by atoms with Crippen LogP contribution in [0.15, 0.2) is 82.4 Å². The zero-order valence-electron chi connectivity index (χ0n) is 12.0. The quantitative estimate of drug-likeness (QED) is 0.439. The maximum Gasteiger partial charge on any atom is 0.183 e. The molecule has 0 radical (unpaired) electrons. The Balaban J connectivity index is 2.05. The molecule has 2 atom stereocenters. The van der Waals surface area contributed by atoms with Gasteiger partial charge in [-0.25, -0.2) is 8.78 Å². The van der Waals surface area contributed by atoms with Crippen molar-refractivity contribution in [2.75, 3.05) is 0 Å². The van der Waals surface area contributed by atoms with Crippen LogP contribution in [0.5, 0.6) is 0 Å². The molecule has 1 aliphatic heterocycles. The van der Waals surface area contributed by atoms with Crippen LogP contribution in [0.4, 0.5) is 8.78 Å². The lowest BCUT2D eigenvalue weighted by atomic mass is 9.90. The molecule has 0 saturated heterocycles. The average Bonchev–Trinajstić information content (AvgIpc) is 2.57. The molecule has 0 spiro atoms. The van der Waals surface area contributed by atoms with Gasteiger partial charge in [0.1, 0.15) is 32.2 Å². The van der Waals surface area contributed by atoms with Crippen molar-refractivity contribution < 1.29 is 13.6 Å². The Bertz CT molecular complexity index is 910. The Morgan fingerprint density at radius 1 is 0.957 bits per heavy atom. The second kappa shape index (κ2) is 5.39. The van der Waals surface area contributed by atoms with Crippen molar-refractivity contribution in [2.45, 2.75) is 9.79 Å². The number of allylic oxidation sites excluding steroid dienone is 4. The van der Waals surface area contributed by atoms with Crippen LogP contribution in [0.2, 0.25) is 0 Å². The minimum Gasteiger partial charge on any atom is -0.293 e. The summed E-state index contributed by atoms with van der Waals surface area (Å²) in [4.78, 5) is 15.5. The maximum absolute atomic E-state index is 13.7. The van der Waals surface area contributed by atoms with E-state index in [1.54, 1.807) is 12.1 Å². The third-order valence-electron chi connectivity index (χ3n) is 4.08. The van der Waals surface area contributed by atoms with Crippen LogP contribution in [0.25, 0.3) is 0 Å². The van der Waals surface area contributed by atoms with Gasteiger partial charge in [-0.3, -0.25) is 4.79 Å². The molecule has 2 aromatic rings. The van der Waals surface area contributed by atoms with E-state index in [-0.39, 0.29) is 5.78 Å². The molecule has 0 saturated carbocycles. The number of rotatable bonds is 1. The molecule has 2 aromatic carbocycles. The fourth-order valence-corrected chi connectivity index (χ4v) is 5.72. The summed E-state index contributed by atoms with van der Waals surface area (Å²) in [5, 5.41) is 0. The predicted octanol–water partition coefficient (Wildman–Crippen LogP) is 4.00. The number of fused-ring (bicyclic) bond motifs is 2. The minimum absolute atomic E-state index is 0.233. The van der Waals surface area contributed by atoms with E-state index in [0.717, 1.165) is 14.7 Å². The number of hydrogen-bond acceptors (Lipinski definition) is 1. The molecule has 1 aliphatic carbocycles. The van der Waals surface area contributed by atoms with Gasteiger partial charge in [-0.15, -0.1) is 0 Å². The van der Waals surface area contributed by atoms with Crippen LogP contribution < -0.4 is 0 Å². The van der Waals surface area contributed by atoms with Crippen molar-refractivity contribution in [1.82, 2.24) is 0 Å². The summed E-state index contributed by atoms with van der Waals surface area (Å²) >= 11 is 0. The highest BCUT2D eigenvalue weighted by atomic mass is 32.2. The number of Topliss-reactive ketones (excluding diaryl/α,β-unsaturated/α-hetero) is 1. The second-order valence-corrected chi connectivity index (χ2v) is 7.67. The van der Waals surface area contributed by atoms with E-state index in [4.69, 9.17) is 0 Å². The largest absolute Gasteiger partial charge is 0.293 e. The van der Waals surface area contributed by atoms with Gasteiger partial charge in [0.05, 0.1) is 5.56 Å². The van der Waals surface area contributed by atoms with E-state index in [1.165, 1.54) is 24.3 Å². The van der Waals surface area contributed by atoms with Gasteiger partial charge in [0.25, 0.3) is 0 Å². The van der Waals surface area contributed by atoms with E-state index >= 15 is 0 Å². The van der Waals surface area contributed by atoms with Gasteiger partial charge >= 0.3 is 0 Å². The zero-order valence-corrected chi connectivity index (χ0v) is 12.9. The monoisotopic (exact) mass is 327 g/mol. The van der Waals surface area contributed by atoms with Crippen LogP contribution in [0, 0.1) is 11.7 Å². The van der Waals surface area contributed by atoms with E-state index in [0.29, 0.717) is 5.56 Å². The summed E-state index contributed by atoms with van der Waals surface area (Å²) in [6.45, 7) is 0. The topological polar surface area (TPSA) is 17.1 Å². The van der Waals surface area contributed by atoms with Gasteiger partial charge in [-0.05, 0) is 48.6 Å². The van der Waals surface area contributed by atoms with Crippen LogP contribution >= 0.6 is 0 Å². The molecule has 0 amide bonds. The van der Waals surface area contributed by atoms with Gasteiger partial charge in [-0.2, -0.15) is 0 Å². The average molecular weight is 327 g/mol. The second-order valence-electron chi connectivity index (χ2n) is 5.48. The number of carbonyl (C=O) groups excluding carboxylic acids is 1. The molecule has 0 aromatic heterocycles. The molecule has 114 valence electrons. The Kier molecular flexibility index (Phi) is 3.34. The summed E-state index contributed by atoms with van der Waals surface area (Å²) in [7, 11) is -0.967. The van der Waals surface area contributed by atoms with Gasteiger partial charge in [0.2, 0.25) is 0 Å². The van der Waals surface area contributed by atoms with E-state index in [9.17, 15) is 13.6 Å². The first-order chi connectivity index (χ1) is 11.1. The summed E-state index contributed by atoms with van der Waals surface area (Å²) in [5.74, 6) is -1.74. The molecule has 2 unspecified atom stereocenters. The summed E-state index contributed by atoms with van der Waals surface area (Å²) in [6, 6.07) is 14.2. The Labute approximate surface area is 134 Å². The molecule has 23 heavy (non-hydrogen) atoms. The number of ketones is 1. The van der Waals surface area contributed by atoms with Gasteiger partial charge in [0, 0.05) is 0 Å². The van der Waals surface area contributed by atoms with Crippen molar-refractivity contribution in [3.63, 3.8) is 0 Å². The smallest absolute Gasteiger partial charge is 0.183 e. The first-order valence-corrected chi connectivity index (χ1v) is 8.60. The van der Waals surface area contributed by atoms with E-state index in [1.807, 2.05) is 30.3 Å². The lowest BCUT2D eigenvalue weighted by Crippen LogP contribution is -2.32. The zero-order chi connectivity index (χ0) is 16.0. The minimum atomic E-state index is -0.967. The molecule has 0 fully saturated rings. The summed E-state index contributed by atoms with van der Waals surface area (Å²) in [6.07, 6.45) is 4.44. The first kappa shape index (κ1) is 14.3. The summed E-state index contributed by atoms with van der Waals surface area (Å²) in [5.41, 5.74) is 0.369.